The number of anilines is 3. The zero-order chi connectivity index (χ0) is 37.2. The molecule has 4 atom stereocenters. The highest BCUT2D eigenvalue weighted by molar-refractivity contribution is 6.71. The average molecular weight is 723 g/mol. The summed E-state index contributed by atoms with van der Waals surface area (Å²) in [5.74, 6) is -0.701. The lowest BCUT2D eigenvalue weighted by Gasteiger charge is -2.32. The zero-order valence-electron chi connectivity index (χ0n) is 29.9. The van der Waals surface area contributed by atoms with Gasteiger partial charge in [0.25, 0.3) is 11.8 Å². The standard InChI is InChI=1S/C40H46N4O7Si/c1-26-37(52(3,4)49)35(23-36(46)43(20-21-45)24-27-8-6-5-7-9-27)51-40(26)33-22-32(50-2)18-19-34(33)44(39(40)48)25-28-10-16-31(17-11-28)42-38(47)29-12-14-30(41)15-13-29/h5-19,22,26,35,37,45,49H,20-21,23-25,41H2,1-4H3,(H,42,47)/t26-,35+,37-,40+/m0/s1. The Morgan fingerprint density at radius 3 is 2.33 bits per heavy atom. The van der Waals surface area contributed by atoms with Gasteiger partial charge in [0.05, 0.1) is 38.5 Å². The van der Waals surface area contributed by atoms with Crippen LogP contribution >= 0.6 is 0 Å². The number of nitrogen functional groups attached to an aromatic ring is 1. The molecule has 5 N–H and O–H groups in total. The van der Waals surface area contributed by atoms with Crippen molar-refractivity contribution in [2.45, 2.75) is 56.8 Å². The molecule has 11 nitrogen and oxygen atoms in total. The van der Waals surface area contributed by atoms with E-state index < -0.39 is 31.5 Å². The summed E-state index contributed by atoms with van der Waals surface area (Å²) in [5.41, 5.74) is 8.51. The second-order valence-electron chi connectivity index (χ2n) is 14.1. The first-order valence-corrected chi connectivity index (χ1v) is 20.5. The number of methoxy groups -OCH3 is 1. The van der Waals surface area contributed by atoms with Crippen molar-refractivity contribution in [1.82, 2.24) is 4.90 Å². The van der Waals surface area contributed by atoms with Crippen molar-refractivity contribution in [3.63, 3.8) is 0 Å². The van der Waals surface area contributed by atoms with E-state index in [0.29, 0.717) is 40.5 Å². The molecular weight excluding hydrogens is 677 g/mol. The Kier molecular flexibility index (Phi) is 10.5. The Bertz CT molecular complexity index is 1920. The summed E-state index contributed by atoms with van der Waals surface area (Å²) in [6.45, 7) is 6.04. The number of carbonyl (C=O) groups is 3. The summed E-state index contributed by atoms with van der Waals surface area (Å²) >= 11 is 0. The fourth-order valence-electron chi connectivity index (χ4n) is 7.77. The van der Waals surface area contributed by atoms with Crippen molar-refractivity contribution >= 4 is 43.1 Å². The number of rotatable bonds is 12. The fraction of sp³-hybridized carbons (Fsp3) is 0.325. The van der Waals surface area contributed by atoms with E-state index in [0.717, 1.165) is 11.1 Å². The molecule has 0 unspecified atom stereocenters. The number of amides is 3. The van der Waals surface area contributed by atoms with Gasteiger partial charge in [-0.3, -0.25) is 14.4 Å². The molecule has 0 radical (unpaired) electrons. The number of hydrogen-bond donors (Lipinski definition) is 4. The van der Waals surface area contributed by atoms with E-state index in [1.54, 1.807) is 59.4 Å². The number of nitrogens with one attached hydrogen (secondary N) is 1. The van der Waals surface area contributed by atoms with Gasteiger partial charge in [-0.1, -0.05) is 49.4 Å². The lowest BCUT2D eigenvalue weighted by Crippen LogP contribution is -2.46. The van der Waals surface area contributed by atoms with Crippen LogP contribution in [0.25, 0.3) is 0 Å². The van der Waals surface area contributed by atoms with Crippen LogP contribution in [0, 0.1) is 5.92 Å². The molecule has 4 aromatic rings. The van der Waals surface area contributed by atoms with Gasteiger partial charge in [0.1, 0.15) is 5.75 Å². The first kappa shape index (κ1) is 36.8. The van der Waals surface area contributed by atoms with Gasteiger partial charge in [-0.25, -0.2) is 0 Å². The Labute approximate surface area is 305 Å². The van der Waals surface area contributed by atoms with E-state index in [2.05, 4.69) is 5.32 Å². The molecule has 6 rings (SSSR count). The van der Waals surface area contributed by atoms with E-state index in [-0.39, 0.29) is 43.8 Å². The van der Waals surface area contributed by atoms with E-state index in [9.17, 15) is 24.3 Å². The average Bonchev–Trinajstić information content (AvgIpc) is 3.55. The van der Waals surface area contributed by atoms with E-state index in [4.69, 9.17) is 15.2 Å². The maximum atomic E-state index is 14.9. The molecular formula is C40H46N4O7Si. The third-order valence-corrected chi connectivity index (χ3v) is 12.7. The second kappa shape index (κ2) is 14.9. The highest BCUT2D eigenvalue weighted by Crippen LogP contribution is 2.60. The molecule has 2 heterocycles. The number of carbonyl (C=O) groups excluding carboxylic acids is 3. The van der Waals surface area contributed by atoms with Crippen LogP contribution in [0.5, 0.6) is 5.75 Å². The van der Waals surface area contributed by atoms with Crippen LogP contribution in [0.15, 0.2) is 97.1 Å². The summed E-state index contributed by atoms with van der Waals surface area (Å²) in [5, 5.41) is 12.7. The Balaban J connectivity index is 1.28. The molecule has 12 heteroatoms. The maximum Gasteiger partial charge on any atom is 0.264 e. The predicted octanol–water partition coefficient (Wildman–Crippen LogP) is 5.29. The molecule has 1 spiro atoms. The molecule has 2 aliphatic heterocycles. The van der Waals surface area contributed by atoms with Gasteiger partial charge in [0, 0.05) is 47.1 Å². The normalized spacial score (nSPS) is 20.9. The van der Waals surface area contributed by atoms with Crippen molar-refractivity contribution in [3.8, 4) is 5.75 Å². The summed E-state index contributed by atoms with van der Waals surface area (Å²) < 4.78 is 12.5. The van der Waals surface area contributed by atoms with Crippen LogP contribution in [-0.4, -0.2) is 67.2 Å². The van der Waals surface area contributed by atoms with Crippen LogP contribution in [-0.2, 0) is 33.0 Å². The second-order valence-corrected chi connectivity index (χ2v) is 18.1. The highest BCUT2D eigenvalue weighted by atomic mass is 28.4. The molecule has 1 fully saturated rings. The zero-order valence-corrected chi connectivity index (χ0v) is 30.9. The summed E-state index contributed by atoms with van der Waals surface area (Å²) in [4.78, 5) is 56.5. The van der Waals surface area contributed by atoms with Gasteiger partial charge in [-0.15, -0.1) is 0 Å². The lowest BCUT2D eigenvalue weighted by molar-refractivity contribution is -0.150. The minimum atomic E-state index is -3.04. The van der Waals surface area contributed by atoms with Gasteiger partial charge >= 0.3 is 0 Å². The third-order valence-electron chi connectivity index (χ3n) is 10.2. The monoisotopic (exact) mass is 722 g/mol. The first-order chi connectivity index (χ1) is 24.8. The third kappa shape index (κ3) is 7.20. The molecule has 1 saturated heterocycles. The van der Waals surface area contributed by atoms with Crippen LogP contribution in [0.4, 0.5) is 17.1 Å². The number of hydrogen-bond acceptors (Lipinski definition) is 8. The molecule has 2 aliphatic rings. The topological polar surface area (TPSA) is 155 Å². The highest BCUT2D eigenvalue weighted by Gasteiger charge is 2.66. The van der Waals surface area contributed by atoms with Crippen molar-refractivity contribution in [2.75, 3.05) is 36.2 Å². The predicted molar refractivity (Wildman–Crippen MR) is 202 cm³/mol. The Morgan fingerprint density at radius 1 is 1.00 bits per heavy atom. The molecule has 0 bridgehead atoms. The lowest BCUT2D eigenvalue weighted by atomic mass is 9.82. The van der Waals surface area contributed by atoms with Gasteiger partial charge < -0.3 is 40.2 Å². The quantitative estimate of drug-likeness (QED) is 0.114. The number of aliphatic hydroxyl groups is 1. The van der Waals surface area contributed by atoms with Crippen LogP contribution < -0.4 is 20.7 Å². The summed E-state index contributed by atoms with van der Waals surface area (Å²) in [6, 6.07) is 29.0. The van der Waals surface area contributed by atoms with E-state index >= 15 is 0 Å². The molecule has 52 heavy (non-hydrogen) atoms. The number of nitrogens with zero attached hydrogens (tertiary/aromatic N) is 2. The van der Waals surface area contributed by atoms with Crippen molar-refractivity contribution in [2.24, 2.45) is 5.92 Å². The first-order valence-electron chi connectivity index (χ1n) is 17.4. The summed E-state index contributed by atoms with van der Waals surface area (Å²) in [7, 11) is -1.48. The number of fused-ring (bicyclic) bond motifs is 2. The van der Waals surface area contributed by atoms with Crippen LogP contribution in [0.2, 0.25) is 18.6 Å². The molecule has 0 aliphatic carbocycles. The van der Waals surface area contributed by atoms with Gasteiger partial charge in [0.2, 0.25) is 5.91 Å². The van der Waals surface area contributed by atoms with E-state index in [1.165, 1.54) is 0 Å². The molecule has 0 aromatic heterocycles. The number of benzene rings is 4. The van der Waals surface area contributed by atoms with Crippen molar-refractivity contribution in [3.05, 3.63) is 119 Å². The Morgan fingerprint density at radius 2 is 1.69 bits per heavy atom. The Hall–Kier alpha value is -5.01. The minimum Gasteiger partial charge on any atom is -0.497 e. The van der Waals surface area contributed by atoms with Gasteiger partial charge in [-0.2, -0.15) is 0 Å². The number of nitrogens with two attached hydrogens (primary N) is 1. The maximum absolute atomic E-state index is 14.9. The number of ether oxygens (including phenoxy) is 2. The largest absolute Gasteiger partial charge is 0.497 e. The molecule has 0 saturated carbocycles. The van der Waals surface area contributed by atoms with Crippen LogP contribution in [0.3, 0.4) is 0 Å². The van der Waals surface area contributed by atoms with Crippen molar-refractivity contribution < 1.29 is 33.8 Å². The van der Waals surface area contributed by atoms with Crippen molar-refractivity contribution in [1.29, 1.82) is 0 Å². The van der Waals surface area contributed by atoms with Crippen LogP contribution in [0.1, 0.15) is 40.4 Å². The minimum absolute atomic E-state index is 0.0588. The number of aliphatic hydroxyl groups excluding tert-OH is 1. The smallest absolute Gasteiger partial charge is 0.264 e. The van der Waals surface area contributed by atoms with Gasteiger partial charge in [-0.05, 0) is 78.8 Å². The summed E-state index contributed by atoms with van der Waals surface area (Å²) in [6.07, 6.45) is -0.811. The molecule has 3 amide bonds. The molecule has 4 aromatic carbocycles. The fourth-order valence-corrected chi connectivity index (χ4v) is 10.3. The van der Waals surface area contributed by atoms with Gasteiger partial charge in [0.15, 0.2) is 13.9 Å². The molecule has 272 valence electrons. The van der Waals surface area contributed by atoms with E-state index in [1.807, 2.05) is 74.6 Å². The SMILES string of the molecule is COc1ccc2c(c1)[C@@]1(O[C@H](CC(=O)N(CCO)Cc3ccccc3)[C@@H]([Si](C)(C)O)[C@@H]1C)C(=O)N2Cc1ccc(NC(=O)c2ccc(N)cc2)cc1.